The van der Waals surface area contributed by atoms with Crippen molar-refractivity contribution in [3.8, 4) is 22.8 Å². The number of benzene rings is 2. The van der Waals surface area contributed by atoms with Crippen molar-refractivity contribution >= 4 is 35.0 Å². The summed E-state index contributed by atoms with van der Waals surface area (Å²) in [6.45, 7) is 1.82. The summed E-state index contributed by atoms with van der Waals surface area (Å²) in [5.74, 6) is 1.21. The predicted octanol–water partition coefficient (Wildman–Crippen LogP) is 4.62. The molecule has 0 aliphatic heterocycles. The topological polar surface area (TPSA) is 94.3 Å². The average molecular weight is 493 g/mol. The van der Waals surface area contributed by atoms with E-state index in [1.54, 1.807) is 31.6 Å². The Kier molecular flexibility index (Phi) is 7.56. The molecule has 0 spiro atoms. The standard InChI is InChI=1S/C24H21ClN6O2S/c1-16(18-4-3-5-21(14-18)33-2)27-28-22(32)15-34-24-30-29-23(17-10-12-26-13-11-17)31(24)20-8-6-19(25)7-9-20/h3-14H,15H2,1-2H3,(H,28,32)/b27-16-. The van der Waals surface area contributed by atoms with Gasteiger partial charge in [-0.15, -0.1) is 10.2 Å². The summed E-state index contributed by atoms with van der Waals surface area (Å²) in [6, 6.07) is 18.5. The van der Waals surface area contributed by atoms with Crippen LogP contribution in [0, 0.1) is 0 Å². The third kappa shape index (κ3) is 5.62. The third-order valence-electron chi connectivity index (χ3n) is 4.82. The van der Waals surface area contributed by atoms with Gasteiger partial charge in [0.2, 0.25) is 0 Å². The minimum absolute atomic E-state index is 0.108. The molecule has 4 aromatic rings. The van der Waals surface area contributed by atoms with Crippen LogP contribution in [0.2, 0.25) is 5.02 Å². The molecule has 1 N–H and O–H groups in total. The Morgan fingerprint density at radius 2 is 1.88 bits per heavy atom. The second kappa shape index (κ2) is 11.0. The number of carbonyl (C=O) groups excluding carboxylic acids is 1. The fourth-order valence-electron chi connectivity index (χ4n) is 3.10. The first-order chi connectivity index (χ1) is 16.5. The van der Waals surface area contributed by atoms with Crippen LogP contribution in [0.1, 0.15) is 12.5 Å². The van der Waals surface area contributed by atoms with E-state index in [1.807, 2.05) is 60.0 Å². The summed E-state index contributed by atoms with van der Waals surface area (Å²) in [7, 11) is 1.60. The first kappa shape index (κ1) is 23.5. The normalized spacial score (nSPS) is 11.3. The highest BCUT2D eigenvalue weighted by molar-refractivity contribution is 7.99. The highest BCUT2D eigenvalue weighted by Crippen LogP contribution is 2.28. The molecule has 0 saturated carbocycles. The zero-order valence-electron chi connectivity index (χ0n) is 18.5. The van der Waals surface area contributed by atoms with Crippen LogP contribution in [-0.4, -0.2) is 44.2 Å². The van der Waals surface area contributed by atoms with Crippen molar-refractivity contribution in [2.75, 3.05) is 12.9 Å². The van der Waals surface area contributed by atoms with Gasteiger partial charge in [0.25, 0.3) is 5.91 Å². The van der Waals surface area contributed by atoms with Gasteiger partial charge in [-0.2, -0.15) is 5.10 Å². The van der Waals surface area contributed by atoms with Crippen LogP contribution in [0.5, 0.6) is 5.75 Å². The van der Waals surface area contributed by atoms with E-state index in [0.29, 0.717) is 21.7 Å². The number of pyridine rings is 1. The number of nitrogens with one attached hydrogen (secondary N) is 1. The lowest BCUT2D eigenvalue weighted by molar-refractivity contribution is -0.118. The first-order valence-corrected chi connectivity index (χ1v) is 11.6. The lowest BCUT2D eigenvalue weighted by atomic mass is 10.1. The Bertz CT molecular complexity index is 1310. The highest BCUT2D eigenvalue weighted by atomic mass is 35.5. The van der Waals surface area contributed by atoms with E-state index in [2.05, 4.69) is 25.7 Å². The van der Waals surface area contributed by atoms with Crippen LogP contribution >= 0.6 is 23.4 Å². The van der Waals surface area contributed by atoms with Gasteiger partial charge in [0.15, 0.2) is 11.0 Å². The van der Waals surface area contributed by atoms with Crippen molar-refractivity contribution in [3.63, 3.8) is 0 Å². The SMILES string of the molecule is COc1cccc(/C(C)=N\NC(=O)CSc2nnc(-c3ccncc3)n2-c2ccc(Cl)cc2)c1. The summed E-state index contributed by atoms with van der Waals surface area (Å²) >= 11 is 7.33. The Labute approximate surface area is 206 Å². The van der Waals surface area contributed by atoms with E-state index in [1.165, 1.54) is 11.8 Å². The molecule has 0 aliphatic carbocycles. The summed E-state index contributed by atoms with van der Waals surface area (Å²) in [4.78, 5) is 16.6. The van der Waals surface area contributed by atoms with Gasteiger partial charge in [0.05, 0.1) is 18.6 Å². The lowest BCUT2D eigenvalue weighted by Gasteiger charge is -2.10. The van der Waals surface area contributed by atoms with E-state index < -0.39 is 0 Å². The molecule has 0 unspecified atom stereocenters. The molecule has 0 saturated heterocycles. The van der Waals surface area contributed by atoms with E-state index in [4.69, 9.17) is 16.3 Å². The number of thioether (sulfide) groups is 1. The number of halogens is 1. The number of nitrogens with zero attached hydrogens (tertiary/aromatic N) is 5. The molecular weight excluding hydrogens is 472 g/mol. The first-order valence-electron chi connectivity index (χ1n) is 10.3. The predicted molar refractivity (Wildman–Crippen MR) is 134 cm³/mol. The number of aromatic nitrogens is 4. The number of methoxy groups -OCH3 is 1. The van der Waals surface area contributed by atoms with Gasteiger partial charge in [-0.3, -0.25) is 14.3 Å². The molecule has 0 fully saturated rings. The van der Waals surface area contributed by atoms with Crippen LogP contribution in [-0.2, 0) is 4.79 Å². The second-order valence-corrected chi connectivity index (χ2v) is 8.49. The molecule has 172 valence electrons. The Morgan fingerprint density at radius 1 is 1.12 bits per heavy atom. The number of rotatable bonds is 8. The number of hydrogen-bond donors (Lipinski definition) is 1. The number of hydrazone groups is 1. The number of amides is 1. The summed E-state index contributed by atoms with van der Waals surface area (Å²) in [5, 5.41) is 14.1. The van der Waals surface area contributed by atoms with Crippen LogP contribution in [0.25, 0.3) is 17.1 Å². The molecule has 8 nitrogen and oxygen atoms in total. The molecule has 34 heavy (non-hydrogen) atoms. The monoisotopic (exact) mass is 492 g/mol. The number of hydrogen-bond acceptors (Lipinski definition) is 7. The van der Waals surface area contributed by atoms with Crippen molar-refractivity contribution in [3.05, 3.63) is 83.6 Å². The fraction of sp³-hybridized carbons (Fsp3) is 0.125. The Morgan fingerprint density at radius 3 is 2.62 bits per heavy atom. The molecule has 4 rings (SSSR count). The van der Waals surface area contributed by atoms with Crippen molar-refractivity contribution in [1.29, 1.82) is 0 Å². The maximum absolute atomic E-state index is 12.5. The van der Waals surface area contributed by atoms with Crippen LogP contribution in [0.15, 0.2) is 83.3 Å². The average Bonchev–Trinajstić information content (AvgIpc) is 3.31. The molecule has 0 aliphatic rings. The summed E-state index contributed by atoms with van der Waals surface area (Å²) in [5.41, 5.74) is 5.81. The van der Waals surface area contributed by atoms with Gasteiger partial charge < -0.3 is 4.74 Å². The van der Waals surface area contributed by atoms with Crippen molar-refractivity contribution in [2.24, 2.45) is 5.10 Å². The Hall–Kier alpha value is -3.69. The van der Waals surface area contributed by atoms with Crippen molar-refractivity contribution < 1.29 is 9.53 Å². The smallest absolute Gasteiger partial charge is 0.250 e. The molecular formula is C24H21ClN6O2S. The molecule has 0 bridgehead atoms. The van der Waals surface area contributed by atoms with Crippen molar-refractivity contribution in [2.45, 2.75) is 12.1 Å². The van der Waals surface area contributed by atoms with Crippen molar-refractivity contribution in [1.82, 2.24) is 25.2 Å². The number of carbonyl (C=O) groups is 1. The molecule has 0 atom stereocenters. The largest absolute Gasteiger partial charge is 0.497 e. The molecule has 2 aromatic heterocycles. The van der Waals surface area contributed by atoms with E-state index in [9.17, 15) is 4.79 Å². The summed E-state index contributed by atoms with van der Waals surface area (Å²) < 4.78 is 7.12. The highest BCUT2D eigenvalue weighted by Gasteiger charge is 2.17. The number of ether oxygens (including phenoxy) is 1. The maximum Gasteiger partial charge on any atom is 0.250 e. The molecule has 0 radical (unpaired) electrons. The van der Waals surface area contributed by atoms with E-state index >= 15 is 0 Å². The van der Waals surface area contributed by atoms with Gasteiger partial charge >= 0.3 is 0 Å². The van der Waals surface area contributed by atoms with E-state index in [0.717, 1.165) is 22.6 Å². The van der Waals surface area contributed by atoms with Gasteiger partial charge in [-0.05, 0) is 55.5 Å². The maximum atomic E-state index is 12.5. The van der Waals surface area contributed by atoms with E-state index in [-0.39, 0.29) is 11.7 Å². The third-order valence-corrected chi connectivity index (χ3v) is 6.01. The Balaban J connectivity index is 1.51. The van der Waals surface area contributed by atoms with Crippen LogP contribution in [0.4, 0.5) is 0 Å². The zero-order chi connectivity index (χ0) is 23.9. The fourth-order valence-corrected chi connectivity index (χ4v) is 3.97. The van der Waals surface area contributed by atoms with Gasteiger partial charge in [0.1, 0.15) is 5.75 Å². The van der Waals surface area contributed by atoms with Crippen LogP contribution < -0.4 is 10.2 Å². The van der Waals surface area contributed by atoms with Gasteiger partial charge in [-0.1, -0.05) is 35.5 Å². The second-order valence-electron chi connectivity index (χ2n) is 7.11. The molecule has 2 heterocycles. The molecule has 1 amide bonds. The molecule has 10 heteroatoms. The minimum atomic E-state index is -0.261. The van der Waals surface area contributed by atoms with Gasteiger partial charge in [0, 0.05) is 34.2 Å². The quantitative estimate of drug-likeness (QED) is 0.219. The minimum Gasteiger partial charge on any atom is -0.497 e. The zero-order valence-corrected chi connectivity index (χ0v) is 20.0. The van der Waals surface area contributed by atoms with Gasteiger partial charge in [-0.25, -0.2) is 5.43 Å². The lowest BCUT2D eigenvalue weighted by Crippen LogP contribution is -2.21. The molecule has 2 aromatic carbocycles. The summed E-state index contributed by atoms with van der Waals surface area (Å²) in [6.07, 6.45) is 3.39. The van der Waals surface area contributed by atoms with Crippen LogP contribution in [0.3, 0.4) is 0 Å².